The lowest BCUT2D eigenvalue weighted by molar-refractivity contribution is -0.134. The smallest absolute Gasteiger partial charge is 0.325 e. The lowest BCUT2D eigenvalue weighted by atomic mass is 9.91. The minimum absolute atomic E-state index is 0.412. The average Bonchev–Trinajstić information content (AvgIpc) is 3.22. The van der Waals surface area contributed by atoms with Gasteiger partial charge in [-0.3, -0.25) is 9.59 Å². The number of urea groups is 1. The van der Waals surface area contributed by atoms with Gasteiger partial charge in [-0.05, 0) is 49.2 Å². The molecule has 1 heterocycles. The van der Waals surface area contributed by atoms with Gasteiger partial charge in [0.2, 0.25) is 5.91 Å². The van der Waals surface area contributed by atoms with Crippen LogP contribution in [0.25, 0.3) is 0 Å². The monoisotopic (exact) mass is 515 g/mol. The highest BCUT2D eigenvalue weighted by Gasteiger charge is 2.47. The van der Waals surface area contributed by atoms with E-state index in [0.717, 1.165) is 16.0 Å². The van der Waals surface area contributed by atoms with Crippen molar-refractivity contribution in [3.63, 3.8) is 0 Å². The van der Waals surface area contributed by atoms with Crippen LogP contribution < -0.4 is 15.4 Å². The van der Waals surface area contributed by atoms with Crippen molar-refractivity contribution in [2.45, 2.75) is 38.8 Å². The molecule has 1 fully saturated rings. The molecule has 0 spiro atoms. The first-order chi connectivity index (χ1) is 18.4. The summed E-state index contributed by atoms with van der Waals surface area (Å²) in [5, 5.41) is 5.65. The third-order valence-electron chi connectivity index (χ3n) is 6.55. The van der Waals surface area contributed by atoms with Gasteiger partial charge in [0.1, 0.15) is 24.4 Å². The number of benzene rings is 3. The van der Waals surface area contributed by atoms with Crippen LogP contribution in [0.2, 0.25) is 0 Å². The van der Waals surface area contributed by atoms with Crippen molar-refractivity contribution >= 4 is 23.5 Å². The minimum Gasteiger partial charge on any atom is -0.491 e. The third kappa shape index (κ3) is 6.20. The standard InChI is InChI=1S/C30H33N3O5/c1-4-37-18-19-38-25-16-12-23(13-17-25)26-29(35)33(30(36)32-26)27(21(3)22-8-6-5-7-9-22)28(34)31-24-14-10-20(2)11-15-24/h5-17,21,26-27H,4,18-19H2,1-3H3,(H,31,34)(H,32,36)/t21?,26-,27?/m1/s1. The molecule has 1 aliphatic rings. The Morgan fingerprint density at radius 2 is 1.66 bits per heavy atom. The number of hydrogen-bond acceptors (Lipinski definition) is 5. The van der Waals surface area contributed by atoms with Gasteiger partial charge in [0, 0.05) is 18.2 Å². The van der Waals surface area contributed by atoms with Gasteiger partial charge < -0.3 is 20.1 Å². The number of ether oxygens (including phenoxy) is 2. The number of nitrogens with zero attached hydrogens (tertiary/aromatic N) is 1. The Bertz CT molecular complexity index is 1250. The fraction of sp³-hybridized carbons (Fsp3) is 0.300. The van der Waals surface area contributed by atoms with Crippen LogP contribution in [0.4, 0.5) is 10.5 Å². The summed E-state index contributed by atoms with van der Waals surface area (Å²) >= 11 is 0. The number of rotatable bonds is 11. The van der Waals surface area contributed by atoms with E-state index in [9.17, 15) is 14.4 Å². The molecule has 0 bridgehead atoms. The van der Waals surface area contributed by atoms with Crippen LogP contribution in [0.1, 0.15) is 42.5 Å². The maximum absolute atomic E-state index is 13.6. The second kappa shape index (κ2) is 12.4. The molecular formula is C30H33N3O5. The Morgan fingerprint density at radius 1 is 0.974 bits per heavy atom. The van der Waals surface area contributed by atoms with E-state index in [1.165, 1.54) is 0 Å². The molecule has 198 valence electrons. The Labute approximate surface area is 222 Å². The molecule has 0 aliphatic carbocycles. The summed E-state index contributed by atoms with van der Waals surface area (Å²) in [6.07, 6.45) is 0. The third-order valence-corrected chi connectivity index (χ3v) is 6.55. The Hall–Kier alpha value is -4.17. The molecule has 38 heavy (non-hydrogen) atoms. The van der Waals surface area contributed by atoms with Gasteiger partial charge in [-0.15, -0.1) is 0 Å². The van der Waals surface area contributed by atoms with E-state index in [4.69, 9.17) is 9.47 Å². The van der Waals surface area contributed by atoms with Crippen LogP contribution >= 0.6 is 0 Å². The van der Waals surface area contributed by atoms with Gasteiger partial charge in [-0.25, -0.2) is 9.69 Å². The molecule has 0 aromatic heterocycles. The zero-order valence-electron chi connectivity index (χ0n) is 21.8. The van der Waals surface area contributed by atoms with Gasteiger partial charge in [0.05, 0.1) is 6.61 Å². The van der Waals surface area contributed by atoms with Crippen LogP contribution in [0.3, 0.4) is 0 Å². The fourth-order valence-electron chi connectivity index (χ4n) is 4.46. The Morgan fingerprint density at radius 3 is 2.32 bits per heavy atom. The van der Waals surface area contributed by atoms with E-state index in [0.29, 0.717) is 36.8 Å². The second-order valence-corrected chi connectivity index (χ2v) is 9.20. The minimum atomic E-state index is -1.06. The zero-order valence-corrected chi connectivity index (χ0v) is 21.8. The van der Waals surface area contributed by atoms with E-state index in [1.54, 1.807) is 36.4 Å². The first-order valence-corrected chi connectivity index (χ1v) is 12.8. The van der Waals surface area contributed by atoms with E-state index in [2.05, 4.69) is 10.6 Å². The number of carbonyl (C=O) groups excluding carboxylic acids is 3. The molecule has 1 saturated heterocycles. The molecule has 4 rings (SSSR count). The van der Waals surface area contributed by atoms with Gasteiger partial charge in [0.25, 0.3) is 5.91 Å². The van der Waals surface area contributed by atoms with Crippen molar-refractivity contribution < 1.29 is 23.9 Å². The average molecular weight is 516 g/mol. The molecule has 8 nitrogen and oxygen atoms in total. The van der Waals surface area contributed by atoms with Gasteiger partial charge in [-0.1, -0.05) is 67.1 Å². The first kappa shape index (κ1) is 26.9. The van der Waals surface area contributed by atoms with Gasteiger partial charge >= 0.3 is 6.03 Å². The normalized spacial score (nSPS) is 16.6. The molecule has 0 radical (unpaired) electrons. The van der Waals surface area contributed by atoms with Crippen LogP contribution in [-0.2, 0) is 14.3 Å². The quantitative estimate of drug-likeness (QED) is 0.282. The molecule has 1 aliphatic heterocycles. The Balaban J connectivity index is 1.57. The Kier molecular flexibility index (Phi) is 8.76. The SMILES string of the molecule is CCOCCOc1ccc([C@H]2NC(=O)N(C(C(=O)Nc3ccc(C)cc3)C(C)c3ccccc3)C2=O)cc1. The fourth-order valence-corrected chi connectivity index (χ4v) is 4.46. The molecular weight excluding hydrogens is 482 g/mol. The van der Waals surface area contributed by atoms with Crippen LogP contribution in [0.15, 0.2) is 78.9 Å². The highest BCUT2D eigenvalue weighted by atomic mass is 16.5. The number of amides is 4. The topological polar surface area (TPSA) is 97.0 Å². The van der Waals surface area contributed by atoms with E-state index < -0.39 is 35.8 Å². The van der Waals surface area contributed by atoms with E-state index in [1.807, 2.05) is 63.2 Å². The molecule has 3 aromatic carbocycles. The molecule has 0 saturated carbocycles. The lowest BCUT2D eigenvalue weighted by Crippen LogP contribution is -2.50. The van der Waals surface area contributed by atoms with E-state index >= 15 is 0 Å². The van der Waals surface area contributed by atoms with E-state index in [-0.39, 0.29) is 0 Å². The number of anilines is 1. The van der Waals surface area contributed by atoms with Crippen molar-refractivity contribution in [2.75, 3.05) is 25.1 Å². The predicted octanol–water partition coefficient (Wildman–Crippen LogP) is 4.81. The summed E-state index contributed by atoms with van der Waals surface area (Å²) in [5.74, 6) is -0.731. The van der Waals surface area contributed by atoms with Crippen molar-refractivity contribution in [2.24, 2.45) is 0 Å². The number of imide groups is 1. The number of nitrogens with one attached hydrogen (secondary N) is 2. The van der Waals surface area contributed by atoms with Crippen molar-refractivity contribution in [3.8, 4) is 5.75 Å². The summed E-state index contributed by atoms with van der Waals surface area (Å²) < 4.78 is 10.9. The maximum atomic E-state index is 13.6. The van der Waals surface area contributed by atoms with Gasteiger partial charge in [0.15, 0.2) is 0 Å². The van der Waals surface area contributed by atoms with Crippen molar-refractivity contribution in [3.05, 3.63) is 95.6 Å². The zero-order chi connectivity index (χ0) is 27.1. The summed E-state index contributed by atoms with van der Waals surface area (Å²) in [6.45, 7) is 7.23. The summed E-state index contributed by atoms with van der Waals surface area (Å²) in [4.78, 5) is 41.5. The van der Waals surface area contributed by atoms with Crippen molar-refractivity contribution in [1.29, 1.82) is 0 Å². The van der Waals surface area contributed by atoms with Crippen molar-refractivity contribution in [1.82, 2.24) is 10.2 Å². The predicted molar refractivity (Wildman–Crippen MR) is 145 cm³/mol. The number of aryl methyl sites for hydroxylation is 1. The molecule has 3 atom stereocenters. The van der Waals surface area contributed by atoms with Gasteiger partial charge in [-0.2, -0.15) is 0 Å². The molecule has 2 unspecified atom stereocenters. The lowest BCUT2D eigenvalue weighted by Gasteiger charge is -2.30. The van der Waals surface area contributed by atoms with Crippen LogP contribution in [0, 0.1) is 6.92 Å². The molecule has 3 aromatic rings. The van der Waals surface area contributed by atoms with Crippen LogP contribution in [-0.4, -0.2) is 48.6 Å². The highest BCUT2D eigenvalue weighted by Crippen LogP contribution is 2.31. The second-order valence-electron chi connectivity index (χ2n) is 9.20. The summed E-state index contributed by atoms with van der Waals surface area (Å²) in [7, 11) is 0. The highest BCUT2D eigenvalue weighted by molar-refractivity contribution is 6.09. The van der Waals surface area contributed by atoms with Crippen LogP contribution in [0.5, 0.6) is 5.75 Å². The molecule has 4 amide bonds. The number of hydrogen-bond donors (Lipinski definition) is 2. The largest absolute Gasteiger partial charge is 0.491 e. The summed E-state index contributed by atoms with van der Waals surface area (Å²) in [5.41, 5.74) is 3.09. The molecule has 2 N–H and O–H groups in total. The summed E-state index contributed by atoms with van der Waals surface area (Å²) in [6, 6.07) is 21.2. The maximum Gasteiger partial charge on any atom is 0.325 e. The first-order valence-electron chi connectivity index (χ1n) is 12.8. The molecule has 8 heteroatoms. The number of carbonyl (C=O) groups is 3.